The highest BCUT2D eigenvalue weighted by Gasteiger charge is 2.36. The van der Waals surface area contributed by atoms with Crippen molar-refractivity contribution in [3.05, 3.63) is 29.8 Å². The Morgan fingerprint density at radius 2 is 1.67 bits per heavy atom. The molecule has 0 aliphatic heterocycles. The van der Waals surface area contributed by atoms with Crippen LogP contribution < -0.4 is 0 Å². The molecule has 0 saturated heterocycles. The molecule has 1 aromatic rings. The van der Waals surface area contributed by atoms with Gasteiger partial charge in [-0.25, -0.2) is 8.98 Å². The van der Waals surface area contributed by atoms with E-state index in [1.807, 2.05) is 6.92 Å². The molecule has 0 amide bonds. The smallest absolute Gasteiger partial charge is 0.339 e. The molecule has 0 spiro atoms. The highest BCUT2D eigenvalue weighted by molar-refractivity contribution is 7.86. The van der Waals surface area contributed by atoms with Gasteiger partial charge >= 0.3 is 5.97 Å². The van der Waals surface area contributed by atoms with Gasteiger partial charge < -0.3 is 4.74 Å². The van der Waals surface area contributed by atoms with Crippen molar-refractivity contribution in [3.8, 4) is 0 Å². The Morgan fingerprint density at radius 1 is 1.17 bits per heavy atom. The van der Waals surface area contributed by atoms with E-state index in [9.17, 15) is 13.2 Å². The van der Waals surface area contributed by atoms with Crippen LogP contribution in [-0.2, 0) is 23.8 Å². The van der Waals surface area contributed by atoms with Gasteiger partial charge in [0.25, 0.3) is 10.1 Å². The van der Waals surface area contributed by atoms with Gasteiger partial charge in [-0.1, -0.05) is 17.7 Å². The molecule has 6 heteroatoms. The molecule has 18 heavy (non-hydrogen) atoms. The number of carbonyl (C=O) groups is 1. The van der Waals surface area contributed by atoms with Crippen molar-refractivity contribution in [2.45, 2.75) is 31.3 Å². The van der Waals surface area contributed by atoms with E-state index in [2.05, 4.69) is 4.74 Å². The molecule has 0 saturated carbocycles. The largest absolute Gasteiger partial charge is 0.467 e. The standard InChI is InChI=1S/C12H16O5S/c1-9-5-7-10(8-6-9)18(14,15)17-12(2,3)11(13)16-4/h5-8H,1-4H3. The quantitative estimate of drug-likeness (QED) is 0.615. The summed E-state index contributed by atoms with van der Waals surface area (Å²) in [6, 6.07) is 6.17. The van der Waals surface area contributed by atoms with Crippen molar-refractivity contribution in [2.24, 2.45) is 0 Å². The van der Waals surface area contributed by atoms with Crippen LogP contribution in [0.15, 0.2) is 29.2 Å². The van der Waals surface area contributed by atoms with Crippen LogP contribution in [0.5, 0.6) is 0 Å². The van der Waals surface area contributed by atoms with Gasteiger partial charge in [0.15, 0.2) is 5.60 Å². The first-order chi connectivity index (χ1) is 8.19. The second-order valence-corrected chi connectivity index (χ2v) is 5.90. The van der Waals surface area contributed by atoms with Crippen LogP contribution in [0.4, 0.5) is 0 Å². The summed E-state index contributed by atoms with van der Waals surface area (Å²) in [6.07, 6.45) is 0. The topological polar surface area (TPSA) is 69.7 Å². The normalized spacial score (nSPS) is 12.2. The zero-order valence-corrected chi connectivity index (χ0v) is 11.6. The highest BCUT2D eigenvalue weighted by Crippen LogP contribution is 2.21. The maximum absolute atomic E-state index is 11.9. The van der Waals surface area contributed by atoms with Crippen LogP contribution in [0.25, 0.3) is 0 Å². The number of rotatable bonds is 4. The molecule has 5 nitrogen and oxygen atoms in total. The van der Waals surface area contributed by atoms with Crippen LogP contribution in [0.3, 0.4) is 0 Å². The predicted octanol–water partition coefficient (Wildman–Crippen LogP) is 1.65. The number of ether oxygens (including phenoxy) is 1. The summed E-state index contributed by atoms with van der Waals surface area (Å²) >= 11 is 0. The average Bonchev–Trinajstić information content (AvgIpc) is 2.27. The van der Waals surface area contributed by atoms with Crippen LogP contribution in [0, 0.1) is 6.92 Å². The van der Waals surface area contributed by atoms with Crippen LogP contribution >= 0.6 is 0 Å². The monoisotopic (exact) mass is 272 g/mol. The minimum Gasteiger partial charge on any atom is -0.467 e. The van der Waals surface area contributed by atoms with E-state index in [0.717, 1.165) is 5.56 Å². The average molecular weight is 272 g/mol. The second kappa shape index (κ2) is 5.07. The number of esters is 1. The number of methoxy groups -OCH3 is 1. The Kier molecular flexibility index (Phi) is 4.13. The molecule has 1 rings (SSSR count). The van der Waals surface area contributed by atoms with Gasteiger partial charge in [0, 0.05) is 0 Å². The molecule has 0 aliphatic rings. The van der Waals surface area contributed by atoms with Gasteiger partial charge in [-0.2, -0.15) is 8.42 Å². The van der Waals surface area contributed by atoms with Gasteiger partial charge in [-0.3, -0.25) is 0 Å². The third kappa shape index (κ3) is 3.30. The number of benzene rings is 1. The summed E-state index contributed by atoms with van der Waals surface area (Å²) in [4.78, 5) is 11.4. The molecular weight excluding hydrogens is 256 g/mol. The molecule has 0 atom stereocenters. The lowest BCUT2D eigenvalue weighted by atomic mass is 10.1. The molecule has 0 radical (unpaired) electrons. The lowest BCUT2D eigenvalue weighted by Gasteiger charge is -2.21. The van der Waals surface area contributed by atoms with E-state index < -0.39 is 21.7 Å². The molecule has 1 aromatic carbocycles. The molecule has 0 N–H and O–H groups in total. The summed E-state index contributed by atoms with van der Waals surface area (Å²) < 4.78 is 33.3. The second-order valence-electron chi connectivity index (χ2n) is 4.35. The first-order valence-electron chi connectivity index (χ1n) is 5.30. The van der Waals surface area contributed by atoms with Crippen LogP contribution in [-0.4, -0.2) is 27.1 Å². The van der Waals surface area contributed by atoms with Crippen molar-refractivity contribution >= 4 is 16.1 Å². The van der Waals surface area contributed by atoms with Crippen molar-refractivity contribution < 1.29 is 22.1 Å². The van der Waals surface area contributed by atoms with Gasteiger partial charge in [-0.05, 0) is 32.9 Å². The van der Waals surface area contributed by atoms with Crippen molar-refractivity contribution in [1.82, 2.24) is 0 Å². The summed E-state index contributed by atoms with van der Waals surface area (Å²) in [6.45, 7) is 4.52. The zero-order valence-electron chi connectivity index (χ0n) is 10.8. The van der Waals surface area contributed by atoms with E-state index in [1.54, 1.807) is 12.1 Å². The Labute approximate surface area is 107 Å². The first kappa shape index (κ1) is 14.7. The molecule has 0 heterocycles. The number of hydrogen-bond donors (Lipinski definition) is 0. The number of carbonyl (C=O) groups excluding carboxylic acids is 1. The fraction of sp³-hybridized carbons (Fsp3) is 0.417. The minimum atomic E-state index is -3.99. The molecule has 0 fully saturated rings. The van der Waals surface area contributed by atoms with E-state index in [4.69, 9.17) is 4.18 Å². The maximum Gasteiger partial charge on any atom is 0.339 e. The molecule has 0 aromatic heterocycles. The first-order valence-corrected chi connectivity index (χ1v) is 6.70. The Morgan fingerprint density at radius 3 is 2.11 bits per heavy atom. The van der Waals surface area contributed by atoms with Crippen molar-refractivity contribution in [3.63, 3.8) is 0 Å². The number of hydrogen-bond acceptors (Lipinski definition) is 5. The van der Waals surface area contributed by atoms with Gasteiger partial charge in [-0.15, -0.1) is 0 Å². The zero-order chi connectivity index (χ0) is 14.0. The Hall–Kier alpha value is -1.40. The molecule has 0 unspecified atom stereocenters. The molecule has 0 bridgehead atoms. The van der Waals surface area contributed by atoms with E-state index in [-0.39, 0.29) is 4.90 Å². The van der Waals surface area contributed by atoms with Crippen molar-refractivity contribution in [2.75, 3.05) is 7.11 Å². The number of aryl methyl sites for hydroxylation is 1. The molecule has 100 valence electrons. The van der Waals surface area contributed by atoms with E-state index in [1.165, 1.54) is 33.1 Å². The lowest BCUT2D eigenvalue weighted by molar-refractivity contribution is -0.155. The van der Waals surface area contributed by atoms with E-state index >= 15 is 0 Å². The summed E-state index contributed by atoms with van der Waals surface area (Å²) in [7, 11) is -2.82. The molecule has 0 aliphatic carbocycles. The fourth-order valence-electron chi connectivity index (χ4n) is 1.31. The van der Waals surface area contributed by atoms with Gasteiger partial charge in [0.1, 0.15) is 0 Å². The Bertz CT molecular complexity index is 528. The SMILES string of the molecule is COC(=O)C(C)(C)OS(=O)(=O)c1ccc(C)cc1. The summed E-state index contributed by atoms with van der Waals surface area (Å²) in [5, 5.41) is 0. The fourth-order valence-corrected chi connectivity index (χ4v) is 2.49. The van der Waals surface area contributed by atoms with Gasteiger partial charge in [0.2, 0.25) is 0 Å². The minimum absolute atomic E-state index is 0.00470. The van der Waals surface area contributed by atoms with Crippen LogP contribution in [0.1, 0.15) is 19.4 Å². The van der Waals surface area contributed by atoms with Crippen LogP contribution in [0.2, 0.25) is 0 Å². The van der Waals surface area contributed by atoms with E-state index in [0.29, 0.717) is 0 Å². The highest BCUT2D eigenvalue weighted by atomic mass is 32.2. The van der Waals surface area contributed by atoms with Gasteiger partial charge in [0.05, 0.1) is 12.0 Å². The summed E-state index contributed by atoms with van der Waals surface area (Å²) in [5.74, 6) is -0.752. The Balaban J connectivity index is 3.02. The lowest BCUT2D eigenvalue weighted by Crippen LogP contribution is -2.38. The third-order valence-electron chi connectivity index (χ3n) is 2.30. The molecular formula is C12H16O5S. The maximum atomic E-state index is 11.9. The predicted molar refractivity (Wildman–Crippen MR) is 65.5 cm³/mol. The summed E-state index contributed by atoms with van der Waals surface area (Å²) in [5.41, 5.74) is -0.625. The third-order valence-corrected chi connectivity index (χ3v) is 3.79. The van der Waals surface area contributed by atoms with Crippen molar-refractivity contribution in [1.29, 1.82) is 0 Å².